The van der Waals surface area contributed by atoms with Gasteiger partial charge in [-0.3, -0.25) is 9.67 Å². The largest absolute Gasteiger partial charge is 0.348 e. The van der Waals surface area contributed by atoms with E-state index < -0.39 is 0 Å². The van der Waals surface area contributed by atoms with Gasteiger partial charge in [0.2, 0.25) is 0 Å². The van der Waals surface area contributed by atoms with Crippen LogP contribution in [0.3, 0.4) is 0 Å². The van der Waals surface area contributed by atoms with E-state index in [-0.39, 0.29) is 6.04 Å². The third kappa shape index (κ3) is 3.75. The summed E-state index contributed by atoms with van der Waals surface area (Å²) in [4.78, 5) is 11.6. The standard InChI is InChI=1S/C21H28ClN7/c1-13(2)12-28-21(22)20(16(5)26-28)17-7-6-8-27(17)18-10-23-11-19(24-18)29-15(4)9-14(3)25-29/h9-11,13,17H,6-8,12H2,1-5H3. The number of hydrogen-bond donors (Lipinski definition) is 0. The minimum absolute atomic E-state index is 0.161. The van der Waals surface area contributed by atoms with Gasteiger partial charge in [-0.25, -0.2) is 9.67 Å². The second kappa shape index (κ2) is 7.78. The van der Waals surface area contributed by atoms with Crippen LogP contribution in [0, 0.1) is 26.7 Å². The van der Waals surface area contributed by atoms with E-state index in [1.807, 2.05) is 42.4 Å². The second-order valence-corrected chi connectivity index (χ2v) is 8.65. The van der Waals surface area contributed by atoms with E-state index in [9.17, 15) is 0 Å². The lowest BCUT2D eigenvalue weighted by Gasteiger charge is -2.26. The molecule has 29 heavy (non-hydrogen) atoms. The smallest absolute Gasteiger partial charge is 0.174 e. The summed E-state index contributed by atoms with van der Waals surface area (Å²) in [5, 5.41) is 10.0. The van der Waals surface area contributed by atoms with E-state index in [1.54, 1.807) is 6.20 Å². The molecule has 3 aromatic rings. The number of aryl methyl sites for hydroxylation is 3. The lowest BCUT2D eigenvalue weighted by molar-refractivity contribution is 0.481. The van der Waals surface area contributed by atoms with E-state index >= 15 is 0 Å². The molecular formula is C21H28ClN7. The molecule has 0 spiro atoms. The van der Waals surface area contributed by atoms with Crippen molar-refractivity contribution >= 4 is 17.4 Å². The van der Waals surface area contributed by atoms with Crippen LogP contribution in [-0.2, 0) is 6.54 Å². The summed E-state index contributed by atoms with van der Waals surface area (Å²) in [5.41, 5.74) is 4.12. The van der Waals surface area contributed by atoms with Crippen molar-refractivity contribution in [1.29, 1.82) is 0 Å². The van der Waals surface area contributed by atoms with Gasteiger partial charge in [0.1, 0.15) is 11.0 Å². The summed E-state index contributed by atoms with van der Waals surface area (Å²) in [7, 11) is 0. The molecular weight excluding hydrogens is 386 g/mol. The van der Waals surface area contributed by atoms with Gasteiger partial charge in [-0.1, -0.05) is 25.4 Å². The Morgan fingerprint density at radius 3 is 2.59 bits per heavy atom. The van der Waals surface area contributed by atoms with Crippen LogP contribution in [-0.4, -0.2) is 36.1 Å². The second-order valence-electron chi connectivity index (χ2n) is 8.29. The number of rotatable bonds is 5. The first kappa shape index (κ1) is 19.9. The molecule has 0 saturated carbocycles. The van der Waals surface area contributed by atoms with E-state index in [4.69, 9.17) is 21.7 Å². The minimum atomic E-state index is 0.161. The van der Waals surface area contributed by atoms with Gasteiger partial charge < -0.3 is 4.90 Å². The van der Waals surface area contributed by atoms with Crippen LogP contribution in [0.1, 0.15) is 55.4 Å². The molecule has 4 rings (SSSR count). The molecule has 0 amide bonds. The van der Waals surface area contributed by atoms with Crippen LogP contribution >= 0.6 is 11.6 Å². The normalized spacial score (nSPS) is 16.9. The molecule has 1 unspecified atom stereocenters. The van der Waals surface area contributed by atoms with Crippen molar-refractivity contribution in [2.45, 2.75) is 60.0 Å². The lowest BCUT2D eigenvalue weighted by Crippen LogP contribution is -2.25. The maximum atomic E-state index is 6.78. The van der Waals surface area contributed by atoms with Crippen LogP contribution in [0.15, 0.2) is 18.5 Å². The Morgan fingerprint density at radius 1 is 1.14 bits per heavy atom. The molecule has 1 aliphatic heterocycles. The Kier molecular flexibility index (Phi) is 5.34. The first-order valence-electron chi connectivity index (χ1n) is 10.2. The average molecular weight is 414 g/mol. The summed E-state index contributed by atoms with van der Waals surface area (Å²) < 4.78 is 3.78. The summed E-state index contributed by atoms with van der Waals surface area (Å²) in [5.74, 6) is 2.07. The Hall–Kier alpha value is -2.41. The highest BCUT2D eigenvalue weighted by molar-refractivity contribution is 6.30. The van der Waals surface area contributed by atoms with Crippen LogP contribution in [0.5, 0.6) is 0 Å². The van der Waals surface area contributed by atoms with E-state index in [2.05, 4.69) is 28.8 Å². The van der Waals surface area contributed by atoms with Crippen molar-refractivity contribution in [3.63, 3.8) is 0 Å². The Bertz CT molecular complexity index is 1020. The quantitative estimate of drug-likeness (QED) is 0.618. The third-order valence-electron chi connectivity index (χ3n) is 5.36. The molecule has 0 aliphatic carbocycles. The van der Waals surface area contributed by atoms with Gasteiger partial charge in [0, 0.05) is 24.3 Å². The molecule has 7 nitrogen and oxygen atoms in total. The monoisotopic (exact) mass is 413 g/mol. The highest BCUT2D eigenvalue weighted by Gasteiger charge is 2.32. The topological polar surface area (TPSA) is 64.7 Å². The summed E-state index contributed by atoms with van der Waals surface area (Å²) >= 11 is 6.78. The zero-order valence-electron chi connectivity index (χ0n) is 17.7. The summed E-state index contributed by atoms with van der Waals surface area (Å²) in [6, 6.07) is 2.20. The summed E-state index contributed by atoms with van der Waals surface area (Å²) in [6.45, 7) is 12.2. The molecule has 0 aromatic carbocycles. The van der Waals surface area contributed by atoms with Crippen LogP contribution in [0.2, 0.25) is 5.15 Å². The number of anilines is 1. The molecule has 154 valence electrons. The fourth-order valence-corrected chi connectivity index (χ4v) is 4.57. The molecule has 4 heterocycles. The zero-order valence-corrected chi connectivity index (χ0v) is 18.5. The van der Waals surface area contributed by atoms with Gasteiger partial charge in [-0.15, -0.1) is 0 Å². The Labute approximate surface area is 176 Å². The first-order valence-corrected chi connectivity index (χ1v) is 10.6. The van der Waals surface area contributed by atoms with E-state index in [0.717, 1.165) is 65.4 Å². The molecule has 0 N–H and O–H groups in total. The van der Waals surface area contributed by atoms with Crippen LogP contribution in [0.4, 0.5) is 5.82 Å². The molecule has 0 bridgehead atoms. The van der Waals surface area contributed by atoms with Gasteiger partial charge in [0.25, 0.3) is 0 Å². The summed E-state index contributed by atoms with van der Waals surface area (Å²) in [6.07, 6.45) is 5.70. The Balaban J connectivity index is 1.69. The van der Waals surface area contributed by atoms with Gasteiger partial charge in [-0.05, 0) is 45.6 Å². The molecule has 1 atom stereocenters. The zero-order chi connectivity index (χ0) is 20.7. The SMILES string of the molecule is Cc1cc(C)n(-c2cncc(N3CCCC3c3c(C)nn(CC(C)C)c3Cl)n2)n1. The predicted molar refractivity (Wildman–Crippen MR) is 115 cm³/mol. The fourth-order valence-electron chi connectivity index (χ4n) is 4.20. The number of halogens is 1. The maximum Gasteiger partial charge on any atom is 0.174 e. The first-order chi connectivity index (χ1) is 13.8. The molecule has 1 saturated heterocycles. The van der Waals surface area contributed by atoms with Crippen molar-refractivity contribution in [3.05, 3.63) is 46.3 Å². The van der Waals surface area contributed by atoms with Crippen molar-refractivity contribution in [1.82, 2.24) is 29.5 Å². The van der Waals surface area contributed by atoms with Gasteiger partial charge in [-0.2, -0.15) is 10.2 Å². The number of hydrogen-bond acceptors (Lipinski definition) is 5. The van der Waals surface area contributed by atoms with E-state index in [0.29, 0.717) is 5.92 Å². The molecule has 1 fully saturated rings. The number of aromatic nitrogens is 6. The van der Waals surface area contributed by atoms with Gasteiger partial charge in [0.05, 0.1) is 29.8 Å². The number of nitrogens with zero attached hydrogens (tertiary/aromatic N) is 7. The molecule has 0 radical (unpaired) electrons. The van der Waals surface area contributed by atoms with Gasteiger partial charge in [0.15, 0.2) is 5.82 Å². The molecule has 8 heteroatoms. The third-order valence-corrected chi connectivity index (χ3v) is 5.76. The highest BCUT2D eigenvalue weighted by Crippen LogP contribution is 2.40. The average Bonchev–Trinajstić information content (AvgIpc) is 3.33. The van der Waals surface area contributed by atoms with E-state index in [1.165, 1.54) is 0 Å². The Morgan fingerprint density at radius 2 is 1.90 bits per heavy atom. The highest BCUT2D eigenvalue weighted by atomic mass is 35.5. The van der Waals surface area contributed by atoms with Crippen LogP contribution < -0.4 is 4.90 Å². The lowest BCUT2D eigenvalue weighted by atomic mass is 10.1. The minimum Gasteiger partial charge on any atom is -0.348 e. The van der Waals surface area contributed by atoms with Crippen molar-refractivity contribution in [2.24, 2.45) is 5.92 Å². The fraction of sp³-hybridized carbons (Fsp3) is 0.524. The van der Waals surface area contributed by atoms with Crippen molar-refractivity contribution < 1.29 is 0 Å². The predicted octanol–water partition coefficient (Wildman–Crippen LogP) is 4.43. The molecule has 3 aromatic heterocycles. The maximum absolute atomic E-state index is 6.78. The van der Waals surface area contributed by atoms with Crippen molar-refractivity contribution in [3.8, 4) is 5.82 Å². The van der Waals surface area contributed by atoms with Gasteiger partial charge >= 0.3 is 0 Å². The molecule has 1 aliphatic rings. The van der Waals surface area contributed by atoms with Crippen molar-refractivity contribution in [2.75, 3.05) is 11.4 Å². The van der Waals surface area contributed by atoms with Crippen LogP contribution in [0.25, 0.3) is 5.82 Å².